The summed E-state index contributed by atoms with van der Waals surface area (Å²) in [6.07, 6.45) is 13.7. The number of rotatable bonds is 14. The van der Waals surface area contributed by atoms with Gasteiger partial charge in [-0.1, -0.05) is 46.1 Å². The van der Waals surface area contributed by atoms with E-state index in [1.165, 1.54) is 25.7 Å². The van der Waals surface area contributed by atoms with E-state index in [1.807, 2.05) is 24.3 Å². The van der Waals surface area contributed by atoms with Gasteiger partial charge in [-0.15, -0.1) is 0 Å². The Hall–Kier alpha value is -0.540. The van der Waals surface area contributed by atoms with Gasteiger partial charge in [0, 0.05) is 0 Å². The maximum absolute atomic E-state index is 3.98. The second kappa shape index (κ2) is 14.8. The van der Waals surface area contributed by atoms with Crippen LogP contribution in [0, 0.1) is 0 Å². The van der Waals surface area contributed by atoms with E-state index in [4.69, 9.17) is 0 Å². The largest absolute Gasteiger partial charge is 1.00 e. The van der Waals surface area contributed by atoms with E-state index in [2.05, 4.69) is 47.3 Å². The minimum Gasteiger partial charge on any atom is -1.00 e. The summed E-state index contributed by atoms with van der Waals surface area (Å²) >= 11 is 0. The summed E-state index contributed by atoms with van der Waals surface area (Å²) in [7, 11) is 4.67. The Labute approximate surface area is 163 Å². The first-order chi connectivity index (χ1) is 10.4. The third-order valence-electron chi connectivity index (χ3n) is 4.69. The molecule has 2 nitrogen and oxygen atoms in total. The highest BCUT2D eigenvalue weighted by Crippen LogP contribution is 2.26. The maximum atomic E-state index is 3.98. The SMILES string of the molecule is C=CC[N+](C)(CC=C)C(CCCCC)[N+](C)(CC=C)CC=C.[Cl-].[Cl-]. The number of likely N-dealkylation sites (N-methyl/N-ethyl adjacent to an activating group) is 2. The van der Waals surface area contributed by atoms with Gasteiger partial charge < -0.3 is 24.8 Å². The lowest BCUT2D eigenvalue weighted by atomic mass is 10.1. The highest BCUT2D eigenvalue weighted by molar-refractivity contribution is 4.76. The lowest BCUT2D eigenvalue weighted by Gasteiger charge is -2.49. The summed E-state index contributed by atoms with van der Waals surface area (Å²) in [6.45, 7) is 22.0. The van der Waals surface area contributed by atoms with Gasteiger partial charge in [-0.2, -0.15) is 0 Å². The maximum Gasteiger partial charge on any atom is 0.217 e. The summed E-state index contributed by atoms with van der Waals surface area (Å²) in [6, 6.07) is 0. The van der Waals surface area contributed by atoms with Crippen molar-refractivity contribution in [2.45, 2.75) is 38.8 Å². The number of unbranched alkanes of at least 4 members (excludes halogenated alkanes) is 2. The molecule has 0 rings (SSSR count). The lowest BCUT2D eigenvalue weighted by molar-refractivity contribution is -1.11. The Morgan fingerprint density at radius 2 is 1.04 bits per heavy atom. The van der Waals surface area contributed by atoms with Crippen LogP contribution in [0.25, 0.3) is 0 Å². The Morgan fingerprint density at radius 1 is 0.708 bits per heavy atom. The zero-order valence-corrected chi connectivity index (χ0v) is 17.5. The van der Waals surface area contributed by atoms with E-state index in [9.17, 15) is 0 Å². The molecule has 0 aromatic carbocycles. The van der Waals surface area contributed by atoms with Gasteiger partial charge in [0.2, 0.25) is 6.17 Å². The quantitative estimate of drug-likeness (QED) is 0.150. The first-order valence-corrected chi connectivity index (χ1v) is 8.56. The topological polar surface area (TPSA) is 0 Å². The molecule has 0 spiro atoms. The van der Waals surface area contributed by atoms with Crippen molar-refractivity contribution >= 4 is 0 Å². The first kappa shape index (κ1) is 28.3. The molecule has 4 heteroatoms. The van der Waals surface area contributed by atoms with Crippen LogP contribution in [0.1, 0.15) is 32.6 Å². The van der Waals surface area contributed by atoms with Crippen LogP contribution < -0.4 is 24.8 Å². The van der Waals surface area contributed by atoms with Crippen LogP contribution in [0.4, 0.5) is 0 Å². The average molecular weight is 377 g/mol. The highest BCUT2D eigenvalue weighted by Gasteiger charge is 2.43. The molecule has 24 heavy (non-hydrogen) atoms. The Balaban J connectivity index is -0.00000220. The van der Waals surface area contributed by atoms with Gasteiger partial charge in [-0.05, 0) is 30.7 Å². The van der Waals surface area contributed by atoms with Crippen molar-refractivity contribution in [3.63, 3.8) is 0 Å². The fraction of sp³-hybridized carbons (Fsp3) is 0.600. The van der Waals surface area contributed by atoms with Crippen LogP contribution in [0.15, 0.2) is 50.6 Å². The zero-order valence-electron chi connectivity index (χ0n) is 16.0. The molecule has 0 aliphatic rings. The van der Waals surface area contributed by atoms with Gasteiger partial charge in [0.05, 0.1) is 20.5 Å². The van der Waals surface area contributed by atoms with E-state index in [0.29, 0.717) is 6.17 Å². The molecule has 0 aromatic rings. The molecule has 0 fully saturated rings. The molecule has 0 aliphatic carbocycles. The molecule has 0 heterocycles. The Bertz CT molecular complexity index is 317. The number of hydrogen-bond donors (Lipinski definition) is 0. The fourth-order valence-corrected chi connectivity index (χ4v) is 3.69. The van der Waals surface area contributed by atoms with Crippen molar-refractivity contribution in [1.82, 2.24) is 0 Å². The smallest absolute Gasteiger partial charge is 0.217 e. The van der Waals surface area contributed by atoms with Crippen LogP contribution in [-0.2, 0) is 0 Å². The monoisotopic (exact) mass is 376 g/mol. The second-order valence-electron chi connectivity index (χ2n) is 6.82. The van der Waals surface area contributed by atoms with Gasteiger partial charge >= 0.3 is 0 Å². The lowest BCUT2D eigenvalue weighted by Crippen LogP contribution is -3.00. The van der Waals surface area contributed by atoms with E-state index < -0.39 is 0 Å². The van der Waals surface area contributed by atoms with Crippen LogP contribution in [0.5, 0.6) is 0 Å². The van der Waals surface area contributed by atoms with Crippen LogP contribution in [0.3, 0.4) is 0 Å². The fourth-order valence-electron chi connectivity index (χ4n) is 3.69. The highest BCUT2D eigenvalue weighted by atomic mass is 35.5. The van der Waals surface area contributed by atoms with Gasteiger partial charge in [0.15, 0.2) is 0 Å². The second-order valence-corrected chi connectivity index (χ2v) is 6.82. The van der Waals surface area contributed by atoms with E-state index in [-0.39, 0.29) is 24.8 Å². The minimum absolute atomic E-state index is 0. The van der Waals surface area contributed by atoms with Gasteiger partial charge in [0.1, 0.15) is 26.2 Å². The van der Waals surface area contributed by atoms with Crippen LogP contribution >= 0.6 is 0 Å². The summed E-state index contributed by atoms with van der Waals surface area (Å²) in [5.74, 6) is 0. The molecule has 0 radical (unpaired) electrons. The predicted molar refractivity (Wildman–Crippen MR) is 101 cm³/mol. The molecule has 0 atom stereocenters. The molecule has 142 valence electrons. The van der Waals surface area contributed by atoms with Gasteiger partial charge in [-0.25, -0.2) is 0 Å². The normalized spacial score (nSPS) is 11.2. The summed E-state index contributed by atoms with van der Waals surface area (Å²) < 4.78 is 1.91. The van der Waals surface area contributed by atoms with Crippen molar-refractivity contribution in [3.05, 3.63) is 50.6 Å². The number of nitrogens with zero attached hydrogens (tertiary/aromatic N) is 2. The molecular formula is C20H38Cl2N2. The molecule has 0 aliphatic heterocycles. The van der Waals surface area contributed by atoms with E-state index in [1.54, 1.807) is 0 Å². The van der Waals surface area contributed by atoms with Gasteiger partial charge in [-0.3, -0.25) is 8.97 Å². The van der Waals surface area contributed by atoms with Crippen molar-refractivity contribution in [1.29, 1.82) is 0 Å². The van der Waals surface area contributed by atoms with Crippen LogP contribution in [0.2, 0.25) is 0 Å². The van der Waals surface area contributed by atoms with Crippen molar-refractivity contribution in [2.24, 2.45) is 0 Å². The molecule has 0 saturated carbocycles. The zero-order chi connectivity index (χ0) is 17.1. The van der Waals surface area contributed by atoms with E-state index >= 15 is 0 Å². The van der Waals surface area contributed by atoms with Crippen molar-refractivity contribution in [2.75, 3.05) is 40.3 Å². The summed E-state index contributed by atoms with van der Waals surface area (Å²) in [5.41, 5.74) is 0. The molecule has 0 N–H and O–H groups in total. The first-order valence-electron chi connectivity index (χ1n) is 8.56. The van der Waals surface area contributed by atoms with Crippen molar-refractivity contribution in [3.8, 4) is 0 Å². The van der Waals surface area contributed by atoms with Crippen LogP contribution in [-0.4, -0.2) is 55.4 Å². The summed E-state index contributed by atoms with van der Waals surface area (Å²) in [4.78, 5) is 0. The Morgan fingerprint density at radius 3 is 1.29 bits per heavy atom. The molecular weight excluding hydrogens is 339 g/mol. The minimum atomic E-state index is 0. The van der Waals surface area contributed by atoms with Crippen molar-refractivity contribution < 1.29 is 33.8 Å². The molecule has 0 aromatic heterocycles. The number of halogens is 2. The standard InChI is InChI=1S/C20H38N2.2ClH/c1-8-13-14-15-20(21(6,16-9-2)17-10-3)22(7,18-11-4)19-12-5;;/h9-12,20H,2-5,8,13-19H2,1,6-7H3;2*1H/q+2;;/p-2. The predicted octanol–water partition coefficient (Wildman–Crippen LogP) is -1.46. The molecule has 0 saturated heterocycles. The number of hydrogen-bond acceptors (Lipinski definition) is 0. The Kier molecular flexibility index (Phi) is 17.4. The third-order valence-corrected chi connectivity index (χ3v) is 4.69. The molecule has 0 bridgehead atoms. The third kappa shape index (κ3) is 8.53. The number of quaternary nitrogens is 2. The molecule has 0 amide bonds. The van der Waals surface area contributed by atoms with Gasteiger partial charge in [0.25, 0.3) is 0 Å². The summed E-state index contributed by atoms with van der Waals surface area (Å²) in [5, 5.41) is 0. The van der Waals surface area contributed by atoms with E-state index in [0.717, 1.165) is 35.1 Å². The average Bonchev–Trinajstić information content (AvgIpc) is 2.44. The molecule has 0 unspecified atom stereocenters.